The van der Waals surface area contributed by atoms with Crippen molar-refractivity contribution in [3.8, 4) is 11.1 Å². The van der Waals surface area contributed by atoms with Crippen molar-refractivity contribution in [2.45, 2.75) is 0 Å². The topological polar surface area (TPSA) is 110 Å². The molecule has 8 nitrogen and oxygen atoms in total. The lowest BCUT2D eigenvalue weighted by atomic mass is 10.0. The number of benzene rings is 2. The Hall–Kier alpha value is -4.85. The SMILES string of the molecule is O=C(/C=C/c1ccncc1)Nc1cccc(-c2cccc(Nc3ncccc3[N+](=O)[O-])c2)c1. The normalized spacial score (nSPS) is 10.7. The fourth-order valence-electron chi connectivity index (χ4n) is 3.16. The molecule has 0 saturated carbocycles. The van der Waals surface area contributed by atoms with Gasteiger partial charge in [0.2, 0.25) is 11.7 Å². The number of amides is 1. The van der Waals surface area contributed by atoms with E-state index in [0.29, 0.717) is 11.4 Å². The Morgan fingerprint density at radius 2 is 1.58 bits per heavy atom. The van der Waals surface area contributed by atoms with Crippen molar-refractivity contribution in [1.29, 1.82) is 0 Å². The minimum atomic E-state index is -0.478. The predicted molar refractivity (Wildman–Crippen MR) is 128 cm³/mol. The van der Waals surface area contributed by atoms with Crippen LogP contribution in [0.5, 0.6) is 0 Å². The summed E-state index contributed by atoms with van der Waals surface area (Å²) in [5.74, 6) is -0.0801. The molecule has 0 aliphatic carbocycles. The van der Waals surface area contributed by atoms with Crippen molar-refractivity contribution < 1.29 is 9.72 Å². The number of anilines is 3. The molecule has 0 radical (unpaired) electrons. The average molecular weight is 437 g/mol. The number of rotatable bonds is 7. The van der Waals surface area contributed by atoms with Crippen molar-refractivity contribution >= 4 is 34.9 Å². The lowest BCUT2D eigenvalue weighted by Crippen LogP contribution is -2.07. The van der Waals surface area contributed by atoms with Crippen molar-refractivity contribution in [2.24, 2.45) is 0 Å². The summed E-state index contributed by atoms with van der Waals surface area (Å²) in [4.78, 5) is 31.1. The summed E-state index contributed by atoms with van der Waals surface area (Å²) >= 11 is 0. The number of aromatic nitrogens is 2. The number of carbonyl (C=O) groups is 1. The Morgan fingerprint density at radius 1 is 0.879 bits per heavy atom. The van der Waals surface area contributed by atoms with Gasteiger partial charge in [-0.2, -0.15) is 0 Å². The zero-order valence-corrected chi connectivity index (χ0v) is 17.4. The minimum Gasteiger partial charge on any atom is -0.334 e. The highest BCUT2D eigenvalue weighted by molar-refractivity contribution is 6.02. The Morgan fingerprint density at radius 3 is 2.30 bits per heavy atom. The van der Waals surface area contributed by atoms with E-state index < -0.39 is 4.92 Å². The van der Waals surface area contributed by atoms with Gasteiger partial charge in [-0.3, -0.25) is 19.9 Å². The molecule has 0 saturated heterocycles. The maximum atomic E-state index is 12.3. The lowest BCUT2D eigenvalue weighted by molar-refractivity contribution is -0.384. The molecule has 0 unspecified atom stereocenters. The number of nitro groups is 1. The summed E-state index contributed by atoms with van der Waals surface area (Å²) in [6.07, 6.45) is 8.00. The molecule has 4 rings (SSSR count). The maximum Gasteiger partial charge on any atom is 0.311 e. The third-order valence-electron chi connectivity index (χ3n) is 4.71. The second-order valence-corrected chi connectivity index (χ2v) is 7.02. The Bertz CT molecular complexity index is 1320. The highest BCUT2D eigenvalue weighted by Gasteiger charge is 2.14. The molecule has 4 aromatic rings. The predicted octanol–water partition coefficient (Wildman–Crippen LogP) is 5.45. The van der Waals surface area contributed by atoms with Crippen LogP contribution in [0, 0.1) is 10.1 Å². The summed E-state index contributed by atoms with van der Waals surface area (Å²) in [5, 5.41) is 17.1. The van der Waals surface area contributed by atoms with E-state index in [-0.39, 0.29) is 17.4 Å². The average Bonchev–Trinajstić information content (AvgIpc) is 2.84. The smallest absolute Gasteiger partial charge is 0.311 e. The zero-order chi connectivity index (χ0) is 23.0. The van der Waals surface area contributed by atoms with E-state index in [4.69, 9.17) is 0 Å². The number of hydrogen-bond acceptors (Lipinski definition) is 6. The Labute approximate surface area is 189 Å². The summed E-state index contributed by atoms with van der Waals surface area (Å²) < 4.78 is 0. The van der Waals surface area contributed by atoms with Gasteiger partial charge in [0.25, 0.3) is 0 Å². The minimum absolute atomic E-state index is 0.104. The van der Waals surface area contributed by atoms with Gasteiger partial charge in [0.05, 0.1) is 4.92 Å². The van der Waals surface area contributed by atoms with Crippen molar-refractivity contribution in [2.75, 3.05) is 10.6 Å². The standard InChI is InChI=1S/C25H19N5O3/c31-24(10-9-18-11-14-26-15-12-18)28-21-6-1-4-19(16-21)20-5-2-7-22(17-20)29-25-23(30(32)33)8-3-13-27-25/h1-17H,(H,27,29)(H,28,31)/b10-9+. The van der Waals surface area contributed by atoms with Crippen LogP contribution in [0.15, 0.2) is 97.5 Å². The molecule has 0 aliphatic heterocycles. The molecule has 2 N–H and O–H groups in total. The summed E-state index contributed by atoms with van der Waals surface area (Å²) in [7, 11) is 0. The van der Waals surface area contributed by atoms with E-state index in [2.05, 4.69) is 20.6 Å². The molecular weight excluding hydrogens is 418 g/mol. The van der Waals surface area contributed by atoms with Gasteiger partial charge >= 0.3 is 5.69 Å². The third kappa shape index (κ3) is 5.65. The van der Waals surface area contributed by atoms with Crippen LogP contribution in [0.4, 0.5) is 22.9 Å². The molecule has 0 bridgehead atoms. The number of hydrogen-bond donors (Lipinski definition) is 2. The van der Waals surface area contributed by atoms with E-state index in [1.165, 1.54) is 24.4 Å². The monoisotopic (exact) mass is 437 g/mol. The molecule has 0 spiro atoms. The first-order chi connectivity index (χ1) is 16.1. The molecule has 0 fully saturated rings. The third-order valence-corrected chi connectivity index (χ3v) is 4.71. The first-order valence-corrected chi connectivity index (χ1v) is 10.0. The van der Waals surface area contributed by atoms with Crippen LogP contribution in [0.2, 0.25) is 0 Å². The van der Waals surface area contributed by atoms with Crippen LogP contribution in [0.3, 0.4) is 0 Å². The fourth-order valence-corrected chi connectivity index (χ4v) is 3.16. The molecule has 33 heavy (non-hydrogen) atoms. The summed E-state index contributed by atoms with van der Waals surface area (Å²) in [6, 6.07) is 21.4. The van der Waals surface area contributed by atoms with E-state index in [9.17, 15) is 14.9 Å². The van der Waals surface area contributed by atoms with Crippen LogP contribution in [0.1, 0.15) is 5.56 Å². The maximum absolute atomic E-state index is 12.3. The first-order valence-electron chi connectivity index (χ1n) is 10.0. The second-order valence-electron chi connectivity index (χ2n) is 7.02. The van der Waals surface area contributed by atoms with Gasteiger partial charge in [-0.25, -0.2) is 4.98 Å². The molecule has 0 aliphatic rings. The largest absolute Gasteiger partial charge is 0.334 e. The van der Waals surface area contributed by atoms with Gasteiger partial charge in [-0.15, -0.1) is 0 Å². The summed E-state index contributed by atoms with van der Waals surface area (Å²) in [5.41, 5.74) is 3.84. The molecule has 8 heteroatoms. The first kappa shape index (κ1) is 21.4. The van der Waals surface area contributed by atoms with Gasteiger partial charge in [-0.05, 0) is 65.2 Å². The Kier molecular flexibility index (Phi) is 6.46. The van der Waals surface area contributed by atoms with Gasteiger partial charge in [0.1, 0.15) is 0 Å². The van der Waals surface area contributed by atoms with E-state index in [1.807, 2.05) is 48.5 Å². The van der Waals surface area contributed by atoms with E-state index in [0.717, 1.165) is 16.7 Å². The van der Waals surface area contributed by atoms with Crippen LogP contribution in [-0.4, -0.2) is 20.8 Å². The molecule has 2 aromatic carbocycles. The summed E-state index contributed by atoms with van der Waals surface area (Å²) in [6.45, 7) is 0. The highest BCUT2D eigenvalue weighted by atomic mass is 16.6. The van der Waals surface area contributed by atoms with Crippen LogP contribution >= 0.6 is 0 Å². The quantitative estimate of drug-likeness (QED) is 0.226. The Balaban J connectivity index is 1.50. The number of carbonyl (C=O) groups excluding carboxylic acids is 1. The van der Waals surface area contributed by atoms with Gasteiger partial charge in [0, 0.05) is 42.1 Å². The fraction of sp³-hybridized carbons (Fsp3) is 0. The van der Waals surface area contributed by atoms with Gasteiger partial charge in [0.15, 0.2) is 0 Å². The molecule has 162 valence electrons. The van der Waals surface area contributed by atoms with E-state index in [1.54, 1.807) is 30.6 Å². The molecule has 2 heterocycles. The van der Waals surface area contributed by atoms with Crippen LogP contribution in [-0.2, 0) is 4.79 Å². The van der Waals surface area contributed by atoms with E-state index >= 15 is 0 Å². The second kappa shape index (κ2) is 9.97. The van der Waals surface area contributed by atoms with Crippen molar-refractivity contribution in [3.63, 3.8) is 0 Å². The van der Waals surface area contributed by atoms with Crippen LogP contribution in [0.25, 0.3) is 17.2 Å². The van der Waals surface area contributed by atoms with Crippen LogP contribution < -0.4 is 10.6 Å². The van der Waals surface area contributed by atoms with Gasteiger partial charge in [-0.1, -0.05) is 24.3 Å². The number of nitrogens with one attached hydrogen (secondary N) is 2. The zero-order valence-electron chi connectivity index (χ0n) is 17.4. The molecule has 0 atom stereocenters. The highest BCUT2D eigenvalue weighted by Crippen LogP contribution is 2.29. The number of pyridine rings is 2. The van der Waals surface area contributed by atoms with Crippen molar-refractivity contribution in [1.82, 2.24) is 9.97 Å². The molecule has 1 amide bonds. The van der Waals surface area contributed by atoms with Gasteiger partial charge < -0.3 is 10.6 Å². The molecule has 2 aromatic heterocycles. The number of nitrogens with zero attached hydrogens (tertiary/aromatic N) is 3. The molecular formula is C25H19N5O3. The van der Waals surface area contributed by atoms with Crippen molar-refractivity contribution in [3.05, 3.63) is 113 Å². The lowest BCUT2D eigenvalue weighted by Gasteiger charge is -2.10.